The highest BCUT2D eigenvalue weighted by molar-refractivity contribution is 5.82. The fraction of sp³-hybridized carbons (Fsp3) is 0.167. The molecule has 0 saturated carbocycles. The van der Waals surface area contributed by atoms with Crippen LogP contribution in [0.5, 0.6) is 11.5 Å². The molecule has 0 radical (unpaired) electrons. The van der Waals surface area contributed by atoms with Gasteiger partial charge < -0.3 is 19.1 Å². The Bertz CT molecular complexity index is 1550. The van der Waals surface area contributed by atoms with Crippen molar-refractivity contribution in [2.75, 3.05) is 7.11 Å². The molecule has 1 atom stereocenters. The summed E-state index contributed by atoms with van der Waals surface area (Å²) in [7, 11) is 1.63. The third-order valence-electron chi connectivity index (χ3n) is 6.26. The van der Waals surface area contributed by atoms with E-state index in [0.717, 1.165) is 39.3 Å². The minimum Gasteiger partial charge on any atom is -0.497 e. The highest BCUT2D eigenvalue weighted by Crippen LogP contribution is 2.31. The van der Waals surface area contributed by atoms with Crippen molar-refractivity contribution in [2.45, 2.75) is 26.0 Å². The van der Waals surface area contributed by atoms with Crippen molar-refractivity contribution in [3.05, 3.63) is 96.7 Å². The maximum absolute atomic E-state index is 11.6. The SMILES string of the molecule is CCC(Oc1ccccc1Cn1c(-c2cccc(OC)c2)nc2ncc(-c3ccccc3)cc21)C(=O)O. The van der Waals surface area contributed by atoms with E-state index >= 15 is 0 Å². The van der Waals surface area contributed by atoms with Crippen molar-refractivity contribution in [2.24, 2.45) is 0 Å². The zero-order valence-corrected chi connectivity index (χ0v) is 20.7. The standard InChI is InChI=1S/C30H27N3O4/c1-3-26(30(34)35)37-27-15-8-7-12-22(27)19-33-25-17-23(20-10-5-4-6-11-20)18-31-28(25)32-29(33)21-13-9-14-24(16-21)36-2/h4-18,26H,3,19H2,1-2H3,(H,34,35). The summed E-state index contributed by atoms with van der Waals surface area (Å²) in [6, 6.07) is 27.4. The molecule has 5 rings (SSSR count). The number of nitrogens with zero attached hydrogens (tertiary/aromatic N) is 3. The second-order valence-corrected chi connectivity index (χ2v) is 8.65. The van der Waals surface area contributed by atoms with Gasteiger partial charge in [0.05, 0.1) is 19.2 Å². The van der Waals surface area contributed by atoms with Crippen molar-refractivity contribution >= 4 is 17.1 Å². The van der Waals surface area contributed by atoms with Crippen molar-refractivity contribution in [3.63, 3.8) is 0 Å². The van der Waals surface area contributed by atoms with Gasteiger partial charge in [-0.15, -0.1) is 0 Å². The number of carboxylic acids is 1. The fourth-order valence-corrected chi connectivity index (χ4v) is 4.32. The minimum absolute atomic E-state index is 0.358. The number of pyridine rings is 1. The molecule has 0 bridgehead atoms. The van der Waals surface area contributed by atoms with Gasteiger partial charge in [-0.1, -0.05) is 67.6 Å². The molecule has 3 aromatic carbocycles. The van der Waals surface area contributed by atoms with E-state index in [1.807, 2.05) is 79.0 Å². The van der Waals surface area contributed by atoms with Gasteiger partial charge in [0.25, 0.3) is 0 Å². The predicted octanol–water partition coefficient (Wildman–Crippen LogP) is 6.06. The van der Waals surface area contributed by atoms with Crippen LogP contribution in [-0.2, 0) is 11.3 Å². The number of fused-ring (bicyclic) bond motifs is 1. The van der Waals surface area contributed by atoms with E-state index < -0.39 is 12.1 Å². The number of imidazole rings is 1. The number of carbonyl (C=O) groups is 1. The largest absolute Gasteiger partial charge is 0.497 e. The van der Waals surface area contributed by atoms with Gasteiger partial charge >= 0.3 is 5.97 Å². The molecule has 1 unspecified atom stereocenters. The number of para-hydroxylation sites is 1. The summed E-state index contributed by atoms with van der Waals surface area (Å²) in [5.74, 6) is 0.998. The molecule has 0 aliphatic rings. The third-order valence-corrected chi connectivity index (χ3v) is 6.26. The molecule has 7 nitrogen and oxygen atoms in total. The van der Waals surface area contributed by atoms with Crippen LogP contribution in [0.4, 0.5) is 0 Å². The Hall–Kier alpha value is -4.65. The number of carboxylic acid groups (broad SMARTS) is 1. The molecule has 37 heavy (non-hydrogen) atoms. The first kappa shape index (κ1) is 24.1. The molecule has 7 heteroatoms. The number of ether oxygens (including phenoxy) is 2. The van der Waals surface area contributed by atoms with Crippen LogP contribution in [0.2, 0.25) is 0 Å². The molecular formula is C30H27N3O4. The second-order valence-electron chi connectivity index (χ2n) is 8.65. The molecule has 0 spiro atoms. The molecule has 2 heterocycles. The van der Waals surface area contributed by atoms with Crippen LogP contribution in [0.1, 0.15) is 18.9 Å². The van der Waals surface area contributed by atoms with E-state index in [1.54, 1.807) is 20.1 Å². The van der Waals surface area contributed by atoms with E-state index in [4.69, 9.17) is 14.5 Å². The maximum Gasteiger partial charge on any atom is 0.344 e. The average Bonchev–Trinajstić information content (AvgIpc) is 3.30. The summed E-state index contributed by atoms with van der Waals surface area (Å²) in [5, 5.41) is 9.54. The van der Waals surface area contributed by atoms with Gasteiger partial charge in [0.1, 0.15) is 17.3 Å². The van der Waals surface area contributed by atoms with Gasteiger partial charge in [-0.25, -0.2) is 14.8 Å². The molecule has 0 amide bonds. The highest BCUT2D eigenvalue weighted by atomic mass is 16.5. The Kier molecular flexibility index (Phi) is 6.85. The number of hydrogen-bond donors (Lipinski definition) is 1. The van der Waals surface area contributed by atoms with Gasteiger partial charge in [0.2, 0.25) is 0 Å². The van der Waals surface area contributed by atoms with E-state index in [-0.39, 0.29) is 0 Å². The molecule has 186 valence electrons. The number of methoxy groups -OCH3 is 1. The van der Waals surface area contributed by atoms with Crippen LogP contribution in [0.25, 0.3) is 33.7 Å². The van der Waals surface area contributed by atoms with Gasteiger partial charge in [0.15, 0.2) is 11.8 Å². The summed E-state index contributed by atoms with van der Waals surface area (Å²) in [6.07, 6.45) is 1.27. The fourth-order valence-electron chi connectivity index (χ4n) is 4.32. The lowest BCUT2D eigenvalue weighted by Crippen LogP contribution is -2.26. The minimum atomic E-state index is -0.987. The highest BCUT2D eigenvalue weighted by Gasteiger charge is 2.21. The van der Waals surface area contributed by atoms with E-state index in [9.17, 15) is 9.90 Å². The number of aliphatic carboxylic acids is 1. The van der Waals surface area contributed by atoms with Gasteiger partial charge in [-0.05, 0) is 36.2 Å². The van der Waals surface area contributed by atoms with Crippen molar-refractivity contribution in [3.8, 4) is 34.0 Å². The van der Waals surface area contributed by atoms with Crippen LogP contribution in [0.3, 0.4) is 0 Å². The Labute approximate surface area is 215 Å². The number of rotatable bonds is 9. The first-order valence-electron chi connectivity index (χ1n) is 12.1. The molecule has 0 aliphatic carbocycles. The second kappa shape index (κ2) is 10.5. The molecule has 0 fully saturated rings. The summed E-state index contributed by atoms with van der Waals surface area (Å²) in [5.41, 5.74) is 5.24. The summed E-state index contributed by atoms with van der Waals surface area (Å²) in [6.45, 7) is 2.21. The van der Waals surface area contributed by atoms with Crippen LogP contribution >= 0.6 is 0 Å². The van der Waals surface area contributed by atoms with Gasteiger partial charge in [0, 0.05) is 22.9 Å². The first-order valence-corrected chi connectivity index (χ1v) is 12.1. The third kappa shape index (κ3) is 5.02. The Balaban J connectivity index is 1.66. The van der Waals surface area contributed by atoms with Crippen molar-refractivity contribution in [1.82, 2.24) is 14.5 Å². The van der Waals surface area contributed by atoms with Gasteiger partial charge in [-0.3, -0.25) is 0 Å². The normalized spacial score (nSPS) is 11.8. The summed E-state index contributed by atoms with van der Waals surface area (Å²) < 4.78 is 13.5. The predicted molar refractivity (Wildman–Crippen MR) is 143 cm³/mol. The molecule has 5 aromatic rings. The first-order chi connectivity index (χ1) is 18.1. The Morgan fingerprint density at radius 2 is 1.70 bits per heavy atom. The lowest BCUT2D eigenvalue weighted by molar-refractivity contribution is -0.145. The quantitative estimate of drug-likeness (QED) is 0.268. The Morgan fingerprint density at radius 3 is 2.46 bits per heavy atom. The average molecular weight is 494 g/mol. The van der Waals surface area contributed by atoms with E-state index in [1.165, 1.54) is 0 Å². The molecule has 1 N–H and O–H groups in total. The van der Waals surface area contributed by atoms with Crippen LogP contribution in [-0.4, -0.2) is 38.8 Å². The van der Waals surface area contributed by atoms with Gasteiger partial charge in [-0.2, -0.15) is 0 Å². The van der Waals surface area contributed by atoms with Crippen molar-refractivity contribution in [1.29, 1.82) is 0 Å². The van der Waals surface area contributed by atoms with Crippen LogP contribution in [0.15, 0.2) is 91.1 Å². The smallest absolute Gasteiger partial charge is 0.344 e. The molecule has 0 aliphatic heterocycles. The monoisotopic (exact) mass is 493 g/mol. The van der Waals surface area contributed by atoms with Crippen LogP contribution in [0, 0.1) is 0 Å². The lowest BCUT2D eigenvalue weighted by atomic mass is 10.1. The Morgan fingerprint density at radius 1 is 0.946 bits per heavy atom. The molecular weight excluding hydrogens is 466 g/mol. The maximum atomic E-state index is 11.6. The summed E-state index contributed by atoms with van der Waals surface area (Å²) in [4.78, 5) is 21.2. The number of benzene rings is 3. The number of hydrogen-bond acceptors (Lipinski definition) is 5. The zero-order valence-electron chi connectivity index (χ0n) is 20.7. The zero-order chi connectivity index (χ0) is 25.8. The molecule has 0 saturated heterocycles. The van der Waals surface area contributed by atoms with E-state index in [0.29, 0.717) is 24.4 Å². The topological polar surface area (TPSA) is 86.5 Å². The molecule has 2 aromatic heterocycles. The van der Waals surface area contributed by atoms with Crippen LogP contribution < -0.4 is 9.47 Å². The van der Waals surface area contributed by atoms with Crippen molar-refractivity contribution < 1.29 is 19.4 Å². The lowest BCUT2D eigenvalue weighted by Gasteiger charge is -2.18. The van der Waals surface area contributed by atoms with E-state index in [2.05, 4.69) is 15.6 Å². The number of aromatic nitrogens is 3. The summed E-state index contributed by atoms with van der Waals surface area (Å²) >= 11 is 0.